The van der Waals surface area contributed by atoms with Crippen molar-refractivity contribution in [3.63, 3.8) is 0 Å². The fourth-order valence-corrected chi connectivity index (χ4v) is 4.82. The summed E-state index contributed by atoms with van der Waals surface area (Å²) in [6, 6.07) is 19.5. The predicted molar refractivity (Wildman–Crippen MR) is 112 cm³/mol. The van der Waals surface area contributed by atoms with Crippen LogP contribution in [-0.2, 0) is 16.8 Å². The van der Waals surface area contributed by atoms with E-state index in [4.69, 9.17) is 0 Å². The number of anilines is 1. The zero-order valence-corrected chi connectivity index (χ0v) is 16.7. The lowest BCUT2D eigenvalue weighted by atomic mass is 9.79. The third-order valence-electron chi connectivity index (χ3n) is 6.26. The summed E-state index contributed by atoms with van der Waals surface area (Å²) in [4.78, 5) is 28.6. The highest BCUT2D eigenvalue weighted by Crippen LogP contribution is 2.46. The van der Waals surface area contributed by atoms with E-state index in [0.717, 1.165) is 38.2 Å². The van der Waals surface area contributed by atoms with Crippen molar-refractivity contribution in [3.05, 3.63) is 75.8 Å². The lowest BCUT2D eigenvalue weighted by molar-refractivity contribution is -0.487. The van der Waals surface area contributed by atoms with Gasteiger partial charge in [0, 0.05) is 36.3 Å². The zero-order valence-electron chi connectivity index (χ0n) is 16.7. The smallest absolute Gasteiger partial charge is 0.245 e. The molecule has 0 N–H and O–H groups in total. The first-order chi connectivity index (χ1) is 14.5. The van der Waals surface area contributed by atoms with Gasteiger partial charge < -0.3 is 4.90 Å². The van der Waals surface area contributed by atoms with Crippen LogP contribution in [0.3, 0.4) is 0 Å². The number of piperidine rings is 1. The van der Waals surface area contributed by atoms with Gasteiger partial charge in [-0.15, -0.1) is 0 Å². The van der Waals surface area contributed by atoms with Crippen LogP contribution in [0.5, 0.6) is 0 Å². The van der Waals surface area contributed by atoms with E-state index in [1.165, 1.54) is 5.56 Å². The Balaban J connectivity index is 1.56. The molecule has 1 unspecified atom stereocenters. The van der Waals surface area contributed by atoms with Gasteiger partial charge in [-0.25, -0.2) is 0 Å². The molecule has 7 nitrogen and oxygen atoms in total. The second-order valence-electron chi connectivity index (χ2n) is 8.09. The molecular formula is C23H24N4O3. The van der Waals surface area contributed by atoms with E-state index >= 15 is 0 Å². The molecular weight excluding hydrogens is 380 g/mol. The predicted octanol–water partition coefficient (Wildman–Crippen LogP) is 3.13. The van der Waals surface area contributed by atoms with E-state index in [1.807, 2.05) is 36.4 Å². The molecule has 7 heteroatoms. The second-order valence-corrected chi connectivity index (χ2v) is 8.09. The lowest BCUT2D eigenvalue weighted by Crippen LogP contribution is -2.51. The van der Waals surface area contributed by atoms with Crippen LogP contribution in [0.25, 0.3) is 0 Å². The summed E-state index contributed by atoms with van der Waals surface area (Å²) in [7, 11) is 0. The molecule has 2 aliphatic heterocycles. The van der Waals surface area contributed by atoms with Crippen molar-refractivity contribution in [1.82, 2.24) is 4.90 Å². The van der Waals surface area contributed by atoms with E-state index < -0.39 is 16.9 Å². The van der Waals surface area contributed by atoms with Crippen molar-refractivity contribution >= 4 is 11.6 Å². The zero-order chi connectivity index (χ0) is 21.1. The summed E-state index contributed by atoms with van der Waals surface area (Å²) in [5, 5.41) is 20.8. The number of rotatable bonds is 6. The summed E-state index contributed by atoms with van der Waals surface area (Å²) in [5.74, 6) is -0.302. The Kier molecular flexibility index (Phi) is 5.51. The molecule has 0 spiro atoms. The van der Waals surface area contributed by atoms with Gasteiger partial charge in [0.25, 0.3) is 0 Å². The third-order valence-corrected chi connectivity index (χ3v) is 6.26. The van der Waals surface area contributed by atoms with Crippen LogP contribution < -0.4 is 4.90 Å². The number of nitriles is 1. The van der Waals surface area contributed by atoms with Crippen molar-refractivity contribution in [2.45, 2.75) is 37.3 Å². The SMILES string of the molecule is N#CCC1(C[N+](=O)[O-])C(=O)N(C2CCN(Cc3ccccc3)CC2)c2ccccc21. The Morgan fingerprint density at radius 2 is 1.77 bits per heavy atom. The van der Waals surface area contributed by atoms with Gasteiger partial charge in [0.05, 0.1) is 12.5 Å². The fraction of sp³-hybridized carbons (Fsp3) is 0.391. The number of carbonyl (C=O) groups excluding carboxylic acids is 1. The average molecular weight is 404 g/mol. The maximum atomic E-state index is 13.5. The number of nitrogens with zero attached hydrogens (tertiary/aromatic N) is 4. The van der Waals surface area contributed by atoms with Crippen molar-refractivity contribution in [1.29, 1.82) is 5.26 Å². The van der Waals surface area contributed by atoms with Crippen molar-refractivity contribution in [3.8, 4) is 6.07 Å². The van der Waals surface area contributed by atoms with Gasteiger partial charge in [-0.05, 0) is 30.0 Å². The normalized spacial score (nSPS) is 22.0. The summed E-state index contributed by atoms with van der Waals surface area (Å²) >= 11 is 0. The molecule has 1 amide bonds. The van der Waals surface area contributed by atoms with Gasteiger partial charge in [-0.1, -0.05) is 48.5 Å². The minimum absolute atomic E-state index is 0.0157. The van der Waals surface area contributed by atoms with Crippen LogP contribution in [0.4, 0.5) is 5.69 Å². The number of hydrogen-bond donors (Lipinski definition) is 0. The topological polar surface area (TPSA) is 90.5 Å². The van der Waals surface area contributed by atoms with Gasteiger partial charge in [0.1, 0.15) is 0 Å². The number of carbonyl (C=O) groups is 1. The number of benzene rings is 2. The molecule has 0 bridgehead atoms. The quantitative estimate of drug-likeness (QED) is 0.545. The number of para-hydroxylation sites is 1. The highest BCUT2D eigenvalue weighted by Gasteiger charge is 2.56. The number of nitro groups is 1. The number of amides is 1. The van der Waals surface area contributed by atoms with Crippen molar-refractivity contribution in [2.75, 3.05) is 24.5 Å². The van der Waals surface area contributed by atoms with Crippen LogP contribution in [-0.4, -0.2) is 41.4 Å². The van der Waals surface area contributed by atoms with Crippen LogP contribution in [0.1, 0.15) is 30.4 Å². The Morgan fingerprint density at radius 3 is 2.43 bits per heavy atom. The molecule has 30 heavy (non-hydrogen) atoms. The third kappa shape index (κ3) is 3.55. The monoisotopic (exact) mass is 404 g/mol. The lowest BCUT2D eigenvalue weighted by Gasteiger charge is -2.37. The molecule has 2 heterocycles. The molecule has 2 aromatic rings. The second kappa shape index (κ2) is 8.25. The van der Waals surface area contributed by atoms with E-state index in [9.17, 15) is 20.2 Å². The van der Waals surface area contributed by atoms with Crippen LogP contribution in [0.15, 0.2) is 54.6 Å². The minimum atomic E-state index is -1.39. The summed E-state index contributed by atoms with van der Waals surface area (Å²) in [6.45, 7) is 2.02. The number of likely N-dealkylation sites (tertiary alicyclic amines) is 1. The van der Waals surface area contributed by atoms with E-state index in [2.05, 4.69) is 17.0 Å². The Hall–Kier alpha value is -3.24. The molecule has 0 radical (unpaired) electrons. The van der Waals surface area contributed by atoms with Gasteiger partial charge in [-0.3, -0.25) is 19.8 Å². The highest BCUT2D eigenvalue weighted by molar-refractivity contribution is 6.09. The summed E-state index contributed by atoms with van der Waals surface area (Å²) in [5.41, 5.74) is 1.20. The standard InChI is InChI=1S/C23H24N4O3/c24-13-12-23(17-26(29)30)20-8-4-5-9-21(20)27(22(23)28)19-10-14-25(15-11-19)16-18-6-2-1-3-7-18/h1-9,19H,10-12,14-17H2. The molecule has 0 aliphatic carbocycles. The van der Waals surface area contributed by atoms with E-state index in [1.54, 1.807) is 17.0 Å². The van der Waals surface area contributed by atoms with Gasteiger partial charge >= 0.3 is 0 Å². The summed E-state index contributed by atoms with van der Waals surface area (Å²) < 4.78 is 0. The van der Waals surface area contributed by atoms with Gasteiger partial charge in [0.15, 0.2) is 5.41 Å². The van der Waals surface area contributed by atoms with Crippen LogP contribution in [0.2, 0.25) is 0 Å². The molecule has 1 atom stereocenters. The molecule has 2 aliphatic rings. The maximum Gasteiger partial charge on any atom is 0.245 e. The first-order valence-electron chi connectivity index (χ1n) is 10.2. The van der Waals surface area contributed by atoms with Gasteiger partial charge in [0.2, 0.25) is 12.5 Å². The van der Waals surface area contributed by atoms with Crippen LogP contribution >= 0.6 is 0 Å². The van der Waals surface area contributed by atoms with Crippen molar-refractivity contribution < 1.29 is 9.72 Å². The van der Waals surface area contributed by atoms with E-state index in [0.29, 0.717) is 5.56 Å². The number of fused-ring (bicyclic) bond motifs is 1. The van der Waals surface area contributed by atoms with Crippen LogP contribution in [0, 0.1) is 21.4 Å². The largest absolute Gasteiger partial charge is 0.308 e. The molecule has 1 fully saturated rings. The molecule has 1 saturated heterocycles. The highest BCUT2D eigenvalue weighted by atomic mass is 16.6. The van der Waals surface area contributed by atoms with Gasteiger partial charge in [-0.2, -0.15) is 5.26 Å². The Bertz CT molecular complexity index is 979. The first kappa shape index (κ1) is 20.0. The Labute approximate surface area is 175 Å². The van der Waals surface area contributed by atoms with Crippen molar-refractivity contribution in [2.24, 2.45) is 0 Å². The molecule has 4 rings (SSSR count). The first-order valence-corrected chi connectivity index (χ1v) is 10.2. The molecule has 0 aromatic heterocycles. The summed E-state index contributed by atoms with van der Waals surface area (Å²) in [6.07, 6.45) is 1.41. The molecule has 154 valence electrons. The maximum absolute atomic E-state index is 13.5. The molecule has 0 saturated carbocycles. The fourth-order valence-electron chi connectivity index (χ4n) is 4.82. The minimum Gasteiger partial charge on any atom is -0.308 e. The van der Waals surface area contributed by atoms with E-state index in [-0.39, 0.29) is 18.4 Å². The molecule has 2 aromatic carbocycles. The number of hydrogen-bond acceptors (Lipinski definition) is 5. The average Bonchev–Trinajstić information content (AvgIpc) is 2.98. The Morgan fingerprint density at radius 1 is 1.10 bits per heavy atom.